The lowest BCUT2D eigenvalue weighted by Gasteiger charge is -2.48. The number of carbonyl (C=O) groups excluding carboxylic acids is 1. The largest absolute Gasteiger partial charge is 0.481 e. The fourth-order valence-corrected chi connectivity index (χ4v) is 6.39. The van der Waals surface area contributed by atoms with E-state index in [1.165, 1.54) is 19.1 Å². The summed E-state index contributed by atoms with van der Waals surface area (Å²) in [5, 5.41) is 64.5. The van der Waals surface area contributed by atoms with Gasteiger partial charge in [-0.3, -0.25) is 4.79 Å². The van der Waals surface area contributed by atoms with Gasteiger partial charge in [0.15, 0.2) is 11.6 Å². The minimum absolute atomic E-state index is 0.0756. The van der Waals surface area contributed by atoms with Gasteiger partial charge in [-0.2, -0.15) is 0 Å². The van der Waals surface area contributed by atoms with Crippen molar-refractivity contribution in [3.63, 3.8) is 0 Å². The van der Waals surface area contributed by atoms with Crippen LogP contribution in [0.3, 0.4) is 0 Å². The second kappa shape index (κ2) is 16.3. The summed E-state index contributed by atoms with van der Waals surface area (Å²) in [6.45, 7) is 4.79. The fraction of sp³-hybridized carbons (Fsp3) is 0.647. The standard InChI is InChI=1S/C34H49NO13/c1-19-11-9-7-5-4-6-8-10-12-22(47-33(3)31(40)29(35)30(39)20(2)46-33)16-26-28(32(41)42)23(37)18-34(43,48-26)17-21(36)15-25-24(45-25)13-14-27(38)44-19/h4-10,12-14,19-26,28-31,36-37,39-40,43H,11,15-18,35H2,1-3H3,(H,41,42). The number of hydrogen-bond donors (Lipinski definition) is 7. The molecule has 0 spiro atoms. The molecule has 8 N–H and O–H groups in total. The molecule has 2 bridgehead atoms. The van der Waals surface area contributed by atoms with Crippen LogP contribution in [0.15, 0.2) is 60.8 Å². The summed E-state index contributed by atoms with van der Waals surface area (Å²) in [5.41, 5.74) is 6.06. The first-order chi connectivity index (χ1) is 22.6. The molecule has 4 rings (SSSR count). The predicted octanol–water partition coefficient (Wildman–Crippen LogP) is 0.510. The number of carboxylic acids is 1. The molecular formula is C34H49NO13. The number of fused-ring (bicyclic) bond motifs is 3. The lowest BCUT2D eigenvalue weighted by molar-refractivity contribution is -0.345. The Hall–Kier alpha value is -2.76. The molecule has 14 atom stereocenters. The van der Waals surface area contributed by atoms with Crippen LogP contribution in [-0.2, 0) is 33.3 Å². The number of aliphatic hydroxyl groups is 5. The fourth-order valence-electron chi connectivity index (χ4n) is 6.39. The molecule has 14 nitrogen and oxygen atoms in total. The van der Waals surface area contributed by atoms with Crippen molar-refractivity contribution in [3.8, 4) is 0 Å². The van der Waals surface area contributed by atoms with E-state index in [0.29, 0.717) is 6.42 Å². The van der Waals surface area contributed by atoms with Crippen molar-refractivity contribution < 1.29 is 63.9 Å². The number of esters is 1. The topological polar surface area (TPSA) is 231 Å². The Bertz CT molecular complexity index is 1270. The second-order valence-electron chi connectivity index (χ2n) is 13.1. The van der Waals surface area contributed by atoms with Gasteiger partial charge in [0, 0.05) is 38.2 Å². The van der Waals surface area contributed by atoms with E-state index in [9.17, 15) is 40.2 Å². The van der Waals surface area contributed by atoms with Gasteiger partial charge in [0.2, 0.25) is 0 Å². The van der Waals surface area contributed by atoms with Crippen molar-refractivity contribution in [2.24, 2.45) is 11.7 Å². The second-order valence-corrected chi connectivity index (χ2v) is 13.1. The Morgan fingerprint density at radius 1 is 0.958 bits per heavy atom. The summed E-state index contributed by atoms with van der Waals surface area (Å²) in [6, 6.07) is -1.11. The number of allylic oxidation sites excluding steroid dienone is 6. The predicted molar refractivity (Wildman–Crippen MR) is 170 cm³/mol. The average molecular weight is 680 g/mol. The third-order valence-corrected chi connectivity index (χ3v) is 8.95. The quantitative estimate of drug-likeness (QED) is 0.159. The lowest BCUT2D eigenvalue weighted by Crippen LogP contribution is -2.67. The van der Waals surface area contributed by atoms with Crippen molar-refractivity contribution in [1.82, 2.24) is 0 Å². The minimum atomic E-state index is -2.11. The lowest BCUT2D eigenvalue weighted by atomic mass is 9.83. The van der Waals surface area contributed by atoms with Crippen LogP contribution in [0.4, 0.5) is 0 Å². The first-order valence-electron chi connectivity index (χ1n) is 16.3. The Labute approximate surface area is 279 Å². The van der Waals surface area contributed by atoms with Gasteiger partial charge in [0.1, 0.15) is 24.2 Å². The van der Waals surface area contributed by atoms with Gasteiger partial charge in [0.05, 0.1) is 48.8 Å². The zero-order valence-electron chi connectivity index (χ0n) is 27.4. The molecule has 48 heavy (non-hydrogen) atoms. The Morgan fingerprint density at radius 3 is 2.35 bits per heavy atom. The Balaban J connectivity index is 1.61. The highest BCUT2D eigenvalue weighted by molar-refractivity contribution is 5.82. The number of carbonyl (C=O) groups is 2. The third-order valence-electron chi connectivity index (χ3n) is 8.95. The van der Waals surface area contributed by atoms with Crippen molar-refractivity contribution in [2.75, 3.05) is 0 Å². The molecule has 14 unspecified atom stereocenters. The number of epoxide rings is 1. The van der Waals surface area contributed by atoms with E-state index >= 15 is 0 Å². The highest BCUT2D eigenvalue weighted by atomic mass is 16.7. The van der Waals surface area contributed by atoms with Crippen LogP contribution in [0.5, 0.6) is 0 Å². The Morgan fingerprint density at radius 2 is 1.65 bits per heavy atom. The zero-order valence-corrected chi connectivity index (χ0v) is 27.4. The van der Waals surface area contributed by atoms with Crippen LogP contribution in [0.1, 0.15) is 52.9 Å². The molecule has 0 amide bonds. The van der Waals surface area contributed by atoms with Crippen molar-refractivity contribution in [3.05, 3.63) is 60.8 Å². The molecule has 0 saturated carbocycles. The summed E-state index contributed by atoms with van der Waals surface area (Å²) < 4.78 is 28.9. The first kappa shape index (κ1) is 38.0. The molecule has 14 heteroatoms. The number of carboxylic acid groups (broad SMARTS) is 1. The number of nitrogens with two attached hydrogens (primary N) is 1. The summed E-state index contributed by atoms with van der Waals surface area (Å²) in [5.74, 6) is -7.20. The maximum absolute atomic E-state index is 12.3. The minimum Gasteiger partial charge on any atom is -0.481 e. The number of cyclic esters (lactones) is 1. The van der Waals surface area contributed by atoms with E-state index in [0.717, 1.165) is 0 Å². The molecule has 4 aliphatic rings. The van der Waals surface area contributed by atoms with E-state index in [-0.39, 0.29) is 25.4 Å². The number of hydrogen-bond acceptors (Lipinski definition) is 13. The maximum atomic E-state index is 12.3. The smallest absolute Gasteiger partial charge is 0.330 e. The van der Waals surface area contributed by atoms with Crippen molar-refractivity contribution in [1.29, 1.82) is 0 Å². The molecule has 4 aliphatic heterocycles. The Kier molecular flexibility index (Phi) is 12.9. The van der Waals surface area contributed by atoms with Gasteiger partial charge in [-0.1, -0.05) is 48.6 Å². The van der Waals surface area contributed by atoms with Crippen LogP contribution in [-0.4, -0.2) is 121 Å². The summed E-state index contributed by atoms with van der Waals surface area (Å²) in [7, 11) is 0. The molecule has 268 valence electrons. The van der Waals surface area contributed by atoms with Crippen LogP contribution < -0.4 is 5.73 Å². The molecule has 0 aromatic carbocycles. The molecule has 0 aliphatic carbocycles. The van der Waals surface area contributed by atoms with Crippen LogP contribution in [0, 0.1) is 5.92 Å². The van der Waals surface area contributed by atoms with E-state index in [2.05, 4.69) is 0 Å². The van der Waals surface area contributed by atoms with Crippen molar-refractivity contribution in [2.45, 2.75) is 132 Å². The summed E-state index contributed by atoms with van der Waals surface area (Å²) >= 11 is 0. The van der Waals surface area contributed by atoms with E-state index in [1.807, 2.05) is 6.08 Å². The SMILES string of the molecule is CC1CC=CC=CC=CC=CC(OC2(C)OC(C)C(O)C(N)C2O)CC2OC(O)(CC(O)CC3OC3C=CC(=O)O1)CC(O)C2C(=O)O. The number of aliphatic carboxylic acids is 1. The van der Waals surface area contributed by atoms with E-state index < -0.39 is 96.8 Å². The molecule has 3 saturated heterocycles. The monoisotopic (exact) mass is 679 g/mol. The molecule has 0 aromatic rings. The highest BCUT2D eigenvalue weighted by Gasteiger charge is 2.53. The number of ether oxygens (including phenoxy) is 5. The molecule has 0 aromatic heterocycles. The first-order valence-corrected chi connectivity index (χ1v) is 16.3. The molecule has 4 heterocycles. The molecule has 3 fully saturated rings. The van der Waals surface area contributed by atoms with Crippen LogP contribution in [0.25, 0.3) is 0 Å². The van der Waals surface area contributed by atoms with Gasteiger partial charge in [0.25, 0.3) is 0 Å². The van der Waals surface area contributed by atoms with E-state index in [1.54, 1.807) is 56.4 Å². The average Bonchev–Trinajstić information content (AvgIpc) is 3.72. The van der Waals surface area contributed by atoms with Crippen LogP contribution >= 0.6 is 0 Å². The van der Waals surface area contributed by atoms with Gasteiger partial charge >= 0.3 is 11.9 Å². The van der Waals surface area contributed by atoms with Gasteiger partial charge in [-0.25, -0.2) is 4.79 Å². The van der Waals surface area contributed by atoms with Crippen LogP contribution in [0.2, 0.25) is 0 Å². The van der Waals surface area contributed by atoms with E-state index in [4.69, 9.17) is 29.4 Å². The van der Waals surface area contributed by atoms with Gasteiger partial charge < -0.3 is 60.1 Å². The molecule has 0 radical (unpaired) electrons. The van der Waals surface area contributed by atoms with Gasteiger partial charge in [-0.15, -0.1) is 0 Å². The third kappa shape index (κ3) is 10.1. The number of aliphatic hydroxyl groups excluding tert-OH is 4. The zero-order chi connectivity index (χ0) is 35.2. The number of rotatable bonds is 3. The normalized spacial score (nSPS) is 44.7. The highest BCUT2D eigenvalue weighted by Crippen LogP contribution is 2.40. The van der Waals surface area contributed by atoms with Crippen molar-refractivity contribution >= 4 is 11.9 Å². The summed E-state index contributed by atoms with van der Waals surface area (Å²) in [4.78, 5) is 24.5. The maximum Gasteiger partial charge on any atom is 0.330 e. The van der Waals surface area contributed by atoms with Gasteiger partial charge in [-0.05, 0) is 26.8 Å². The molecular weight excluding hydrogens is 630 g/mol. The summed E-state index contributed by atoms with van der Waals surface area (Å²) in [6.07, 6.45) is 6.36.